The molecule has 28 heavy (non-hydrogen) atoms. The van der Waals surface area contributed by atoms with Crippen LogP contribution in [-0.2, 0) is 0 Å². The van der Waals surface area contributed by atoms with Gasteiger partial charge in [-0.05, 0) is 42.5 Å². The minimum absolute atomic E-state index is 0.139. The van der Waals surface area contributed by atoms with E-state index < -0.39 is 4.92 Å². The summed E-state index contributed by atoms with van der Waals surface area (Å²) in [4.78, 5) is 22.8. The van der Waals surface area contributed by atoms with Crippen LogP contribution in [0.4, 0.5) is 5.69 Å². The molecule has 9 heteroatoms. The van der Waals surface area contributed by atoms with Crippen molar-refractivity contribution in [1.29, 1.82) is 0 Å². The van der Waals surface area contributed by atoms with Crippen molar-refractivity contribution in [3.8, 4) is 17.1 Å². The summed E-state index contributed by atoms with van der Waals surface area (Å²) >= 11 is 3.30. The number of nitro groups is 1. The average molecular weight is 444 g/mol. The van der Waals surface area contributed by atoms with E-state index in [-0.39, 0.29) is 11.6 Å². The number of amides is 1. The van der Waals surface area contributed by atoms with Crippen molar-refractivity contribution in [2.45, 2.75) is 0 Å². The van der Waals surface area contributed by atoms with Crippen molar-refractivity contribution >= 4 is 33.7 Å². The summed E-state index contributed by atoms with van der Waals surface area (Å²) in [5, 5.41) is 15.2. The van der Waals surface area contributed by atoms with Gasteiger partial charge in [0.15, 0.2) is 0 Å². The number of benzene rings is 2. The number of methoxy groups -OCH3 is 1. The summed E-state index contributed by atoms with van der Waals surface area (Å²) < 4.78 is 11.4. The number of nitrogens with one attached hydrogen (secondary N) is 1. The van der Waals surface area contributed by atoms with E-state index in [0.717, 1.165) is 4.47 Å². The van der Waals surface area contributed by atoms with Crippen molar-refractivity contribution in [1.82, 2.24) is 5.43 Å². The summed E-state index contributed by atoms with van der Waals surface area (Å²) in [6.07, 6.45) is 1.31. The zero-order valence-electron chi connectivity index (χ0n) is 14.6. The highest BCUT2D eigenvalue weighted by Gasteiger charge is 2.19. The minimum Gasteiger partial charge on any atom is -0.497 e. The largest absolute Gasteiger partial charge is 0.497 e. The Morgan fingerprint density at radius 1 is 1.25 bits per heavy atom. The first-order chi connectivity index (χ1) is 13.5. The average Bonchev–Trinajstić information content (AvgIpc) is 3.16. The third-order valence-electron chi connectivity index (χ3n) is 3.74. The van der Waals surface area contributed by atoms with Crippen molar-refractivity contribution in [2.24, 2.45) is 5.10 Å². The molecule has 1 aromatic heterocycles. The fraction of sp³-hybridized carbons (Fsp3) is 0.0526. The van der Waals surface area contributed by atoms with Gasteiger partial charge in [0.05, 0.1) is 29.9 Å². The fourth-order valence-corrected chi connectivity index (χ4v) is 2.81. The first-order valence-corrected chi connectivity index (χ1v) is 8.79. The van der Waals surface area contributed by atoms with Crippen LogP contribution in [0.15, 0.2) is 68.6 Å². The fourth-order valence-electron chi connectivity index (χ4n) is 2.41. The number of furan rings is 1. The van der Waals surface area contributed by atoms with E-state index in [1.807, 2.05) is 6.07 Å². The Balaban J connectivity index is 1.75. The van der Waals surface area contributed by atoms with Gasteiger partial charge in [-0.3, -0.25) is 14.9 Å². The molecule has 0 bridgehead atoms. The molecule has 0 aliphatic heterocycles. The monoisotopic (exact) mass is 443 g/mol. The lowest BCUT2D eigenvalue weighted by Gasteiger charge is -2.03. The van der Waals surface area contributed by atoms with Crippen LogP contribution in [0.3, 0.4) is 0 Å². The van der Waals surface area contributed by atoms with Gasteiger partial charge in [-0.1, -0.05) is 22.0 Å². The number of carbonyl (C=O) groups is 1. The van der Waals surface area contributed by atoms with Gasteiger partial charge in [0.1, 0.15) is 17.3 Å². The molecule has 1 N–H and O–H groups in total. The number of ether oxygens (including phenoxy) is 1. The molecule has 3 aromatic rings. The quantitative estimate of drug-likeness (QED) is 0.345. The van der Waals surface area contributed by atoms with Gasteiger partial charge in [0, 0.05) is 10.0 Å². The maximum absolute atomic E-state index is 12.0. The van der Waals surface area contributed by atoms with Gasteiger partial charge in [0.2, 0.25) is 0 Å². The number of hydrogen-bond donors (Lipinski definition) is 1. The van der Waals surface area contributed by atoms with Crippen LogP contribution < -0.4 is 10.2 Å². The van der Waals surface area contributed by atoms with Gasteiger partial charge in [-0.2, -0.15) is 5.10 Å². The molecule has 8 nitrogen and oxygen atoms in total. The third kappa shape index (κ3) is 4.44. The summed E-state index contributed by atoms with van der Waals surface area (Å²) in [7, 11) is 1.43. The molecule has 1 heterocycles. The predicted molar refractivity (Wildman–Crippen MR) is 107 cm³/mol. The normalized spacial score (nSPS) is 10.8. The molecule has 2 aromatic carbocycles. The number of carbonyl (C=O) groups excluding carboxylic acids is 1. The Labute approximate surface area is 168 Å². The molecule has 0 saturated heterocycles. The smallest absolute Gasteiger partial charge is 0.284 e. The molecule has 142 valence electrons. The second kappa shape index (κ2) is 8.49. The van der Waals surface area contributed by atoms with Crippen LogP contribution in [0.1, 0.15) is 16.1 Å². The summed E-state index contributed by atoms with van der Waals surface area (Å²) in [5.41, 5.74) is 3.01. The zero-order valence-corrected chi connectivity index (χ0v) is 16.2. The lowest BCUT2D eigenvalue weighted by atomic mass is 10.1. The summed E-state index contributed by atoms with van der Waals surface area (Å²) in [6.45, 7) is 0. The molecular weight excluding hydrogens is 430 g/mol. The molecule has 0 atom stereocenters. The zero-order chi connectivity index (χ0) is 20.1. The Kier molecular flexibility index (Phi) is 5.85. The molecule has 1 amide bonds. The molecule has 0 aliphatic rings. The predicted octanol–water partition coefficient (Wildman–Crippen LogP) is 4.39. The van der Waals surface area contributed by atoms with Gasteiger partial charge in [0.25, 0.3) is 11.6 Å². The number of hydrazone groups is 1. The van der Waals surface area contributed by atoms with Gasteiger partial charge in [-0.25, -0.2) is 5.43 Å². The molecule has 0 unspecified atom stereocenters. The Hall–Kier alpha value is -3.46. The van der Waals surface area contributed by atoms with Crippen molar-refractivity contribution in [3.63, 3.8) is 0 Å². The maximum atomic E-state index is 12.0. The lowest BCUT2D eigenvalue weighted by Crippen LogP contribution is -2.17. The van der Waals surface area contributed by atoms with Crippen molar-refractivity contribution < 1.29 is 18.9 Å². The van der Waals surface area contributed by atoms with Crippen LogP contribution in [0, 0.1) is 10.1 Å². The Morgan fingerprint density at radius 2 is 2.07 bits per heavy atom. The molecule has 3 rings (SSSR count). The van der Waals surface area contributed by atoms with E-state index in [1.165, 1.54) is 19.4 Å². The van der Waals surface area contributed by atoms with Crippen LogP contribution in [0.25, 0.3) is 11.3 Å². The lowest BCUT2D eigenvalue weighted by molar-refractivity contribution is -0.384. The van der Waals surface area contributed by atoms with Gasteiger partial charge >= 0.3 is 0 Å². The van der Waals surface area contributed by atoms with E-state index in [1.54, 1.807) is 42.5 Å². The van der Waals surface area contributed by atoms with Gasteiger partial charge < -0.3 is 9.15 Å². The molecule has 0 radical (unpaired) electrons. The van der Waals surface area contributed by atoms with E-state index in [4.69, 9.17) is 9.15 Å². The number of halogens is 1. The SMILES string of the molecule is COc1ccc(-c2ccc(/C=N\NC(=O)c3cccc(Br)c3)o2)c([N+](=O)[O-])c1. The molecule has 0 aliphatic carbocycles. The van der Waals surface area contributed by atoms with E-state index in [9.17, 15) is 14.9 Å². The highest BCUT2D eigenvalue weighted by molar-refractivity contribution is 9.10. The Morgan fingerprint density at radius 3 is 2.79 bits per heavy atom. The third-order valence-corrected chi connectivity index (χ3v) is 4.23. The van der Waals surface area contributed by atoms with Crippen LogP contribution >= 0.6 is 15.9 Å². The first-order valence-electron chi connectivity index (χ1n) is 7.99. The van der Waals surface area contributed by atoms with Crippen LogP contribution in [-0.4, -0.2) is 24.2 Å². The topological polar surface area (TPSA) is 107 Å². The second-order valence-electron chi connectivity index (χ2n) is 5.55. The number of rotatable bonds is 6. The summed E-state index contributed by atoms with van der Waals surface area (Å²) in [6, 6.07) is 14.5. The Bertz CT molecular complexity index is 1060. The van der Waals surface area contributed by atoms with Crippen molar-refractivity contribution in [2.75, 3.05) is 7.11 Å². The molecular formula is C19H14BrN3O5. The van der Waals surface area contributed by atoms with Crippen molar-refractivity contribution in [3.05, 3.63) is 80.5 Å². The second-order valence-corrected chi connectivity index (χ2v) is 6.47. The first kappa shape index (κ1) is 19.3. The number of nitrogens with zero attached hydrogens (tertiary/aromatic N) is 2. The standard InChI is InChI=1S/C19H14BrN3O5/c1-27-14-5-7-16(17(10-14)23(25)26)18-8-6-15(28-18)11-21-22-19(24)12-3-2-4-13(20)9-12/h2-11H,1H3,(H,22,24)/b21-11-. The van der Waals surface area contributed by atoms with Crippen LogP contribution in [0.5, 0.6) is 5.75 Å². The minimum atomic E-state index is -0.508. The highest BCUT2D eigenvalue weighted by atomic mass is 79.9. The molecule has 0 saturated carbocycles. The van der Waals surface area contributed by atoms with E-state index in [2.05, 4.69) is 26.5 Å². The van der Waals surface area contributed by atoms with E-state index >= 15 is 0 Å². The van der Waals surface area contributed by atoms with Crippen LogP contribution in [0.2, 0.25) is 0 Å². The molecule has 0 spiro atoms. The van der Waals surface area contributed by atoms with Gasteiger partial charge in [-0.15, -0.1) is 0 Å². The number of hydrogen-bond acceptors (Lipinski definition) is 6. The molecule has 0 fully saturated rings. The highest BCUT2D eigenvalue weighted by Crippen LogP contribution is 2.33. The maximum Gasteiger partial charge on any atom is 0.284 e. The van der Waals surface area contributed by atoms with E-state index in [0.29, 0.717) is 28.4 Å². The number of nitro benzene ring substituents is 1. The summed E-state index contributed by atoms with van der Waals surface area (Å²) in [5.74, 6) is 0.623.